The summed E-state index contributed by atoms with van der Waals surface area (Å²) in [5.74, 6) is 0.747. The molecule has 5 heteroatoms. The number of rotatable bonds is 5. The minimum atomic E-state index is 0.216. The van der Waals surface area contributed by atoms with Gasteiger partial charge in [-0.15, -0.1) is 23.1 Å². The molecule has 0 spiro atoms. The highest BCUT2D eigenvalue weighted by Gasteiger charge is 2.11. The van der Waals surface area contributed by atoms with Crippen LogP contribution in [0.5, 0.6) is 0 Å². The molecule has 0 saturated heterocycles. The summed E-state index contributed by atoms with van der Waals surface area (Å²) < 4.78 is 1.11. The summed E-state index contributed by atoms with van der Waals surface area (Å²) >= 11 is 6.81. The highest BCUT2D eigenvalue weighted by molar-refractivity contribution is 9.10. The van der Waals surface area contributed by atoms with Crippen molar-refractivity contribution in [2.24, 2.45) is 5.73 Å². The first-order valence-electron chi connectivity index (χ1n) is 3.94. The molecule has 1 atom stereocenters. The summed E-state index contributed by atoms with van der Waals surface area (Å²) in [7, 11) is 0. The number of thiophene rings is 1. The molecule has 0 aliphatic heterocycles. The van der Waals surface area contributed by atoms with Crippen molar-refractivity contribution in [2.75, 3.05) is 18.9 Å². The monoisotopic (exact) mass is 281 g/mol. The SMILES string of the molecule is NCC(SCCO)c1cc(Br)cs1. The molecule has 0 amide bonds. The predicted molar refractivity (Wildman–Crippen MR) is 63.4 cm³/mol. The molecule has 1 aromatic rings. The van der Waals surface area contributed by atoms with Gasteiger partial charge in [0.15, 0.2) is 0 Å². The summed E-state index contributed by atoms with van der Waals surface area (Å²) in [6.07, 6.45) is 0. The molecule has 13 heavy (non-hydrogen) atoms. The molecule has 0 bridgehead atoms. The van der Waals surface area contributed by atoms with Gasteiger partial charge in [-0.3, -0.25) is 0 Å². The normalized spacial score (nSPS) is 13.2. The van der Waals surface area contributed by atoms with Crippen LogP contribution in [-0.4, -0.2) is 24.0 Å². The van der Waals surface area contributed by atoms with Crippen molar-refractivity contribution >= 4 is 39.0 Å². The molecule has 1 rings (SSSR count). The summed E-state index contributed by atoms with van der Waals surface area (Å²) in [5, 5.41) is 11.1. The minimum absolute atomic E-state index is 0.216. The molecule has 0 aromatic carbocycles. The van der Waals surface area contributed by atoms with E-state index in [1.165, 1.54) is 4.88 Å². The van der Waals surface area contributed by atoms with Gasteiger partial charge in [-0.1, -0.05) is 0 Å². The van der Waals surface area contributed by atoms with Gasteiger partial charge in [-0.25, -0.2) is 0 Å². The van der Waals surface area contributed by atoms with Crippen LogP contribution in [0.4, 0.5) is 0 Å². The average Bonchev–Trinajstić information content (AvgIpc) is 2.54. The second-order valence-corrected chi connectivity index (χ2v) is 5.66. The maximum absolute atomic E-state index is 8.70. The number of aliphatic hydroxyl groups is 1. The zero-order valence-corrected chi connectivity index (χ0v) is 10.3. The van der Waals surface area contributed by atoms with Gasteiger partial charge < -0.3 is 10.8 Å². The number of thioether (sulfide) groups is 1. The number of aliphatic hydroxyl groups excluding tert-OH is 1. The lowest BCUT2D eigenvalue weighted by Gasteiger charge is -2.10. The van der Waals surface area contributed by atoms with E-state index in [4.69, 9.17) is 10.8 Å². The molecule has 0 radical (unpaired) electrons. The first-order valence-corrected chi connectivity index (χ1v) is 6.66. The maximum atomic E-state index is 8.70. The molecule has 74 valence electrons. The van der Waals surface area contributed by atoms with Gasteiger partial charge in [0.1, 0.15) is 0 Å². The van der Waals surface area contributed by atoms with Gasteiger partial charge in [-0.05, 0) is 22.0 Å². The van der Waals surface area contributed by atoms with Gasteiger partial charge in [0, 0.05) is 27.0 Å². The van der Waals surface area contributed by atoms with Gasteiger partial charge >= 0.3 is 0 Å². The lowest BCUT2D eigenvalue weighted by molar-refractivity contribution is 0.322. The lowest BCUT2D eigenvalue weighted by Crippen LogP contribution is -2.09. The molecule has 0 aliphatic carbocycles. The van der Waals surface area contributed by atoms with Crippen molar-refractivity contribution in [2.45, 2.75) is 5.25 Å². The van der Waals surface area contributed by atoms with E-state index in [2.05, 4.69) is 27.4 Å². The second kappa shape index (κ2) is 6.03. The van der Waals surface area contributed by atoms with Crippen molar-refractivity contribution < 1.29 is 5.11 Å². The molecule has 3 N–H and O–H groups in total. The zero-order chi connectivity index (χ0) is 9.68. The largest absolute Gasteiger partial charge is 0.396 e. The van der Waals surface area contributed by atoms with Crippen LogP contribution in [0.2, 0.25) is 0 Å². The van der Waals surface area contributed by atoms with Crippen LogP contribution in [-0.2, 0) is 0 Å². The Balaban J connectivity index is 2.56. The molecule has 1 unspecified atom stereocenters. The van der Waals surface area contributed by atoms with E-state index in [0.29, 0.717) is 11.8 Å². The van der Waals surface area contributed by atoms with Crippen LogP contribution in [0.1, 0.15) is 10.1 Å². The highest BCUT2D eigenvalue weighted by Crippen LogP contribution is 2.33. The quantitative estimate of drug-likeness (QED) is 0.870. The fraction of sp³-hybridized carbons (Fsp3) is 0.500. The number of nitrogens with two attached hydrogens (primary N) is 1. The first-order chi connectivity index (χ1) is 6.27. The topological polar surface area (TPSA) is 46.2 Å². The molecule has 0 aliphatic rings. The van der Waals surface area contributed by atoms with E-state index in [-0.39, 0.29) is 6.61 Å². The zero-order valence-electron chi connectivity index (χ0n) is 7.07. The predicted octanol–water partition coefficient (Wildman–Crippen LogP) is 2.24. The molecule has 1 heterocycles. The molecule has 2 nitrogen and oxygen atoms in total. The number of halogens is 1. The third-order valence-electron chi connectivity index (χ3n) is 1.53. The fourth-order valence-electron chi connectivity index (χ4n) is 0.958. The van der Waals surface area contributed by atoms with Crippen LogP contribution in [0.25, 0.3) is 0 Å². The highest BCUT2D eigenvalue weighted by atomic mass is 79.9. The third kappa shape index (κ3) is 3.59. The summed E-state index contributed by atoms with van der Waals surface area (Å²) in [4.78, 5) is 1.27. The Labute approximate surface area is 94.7 Å². The smallest absolute Gasteiger partial charge is 0.0521 e. The third-order valence-corrected chi connectivity index (χ3v) is 4.75. The Morgan fingerprint density at radius 1 is 1.69 bits per heavy atom. The standard InChI is InChI=1S/C8H12BrNOS2/c9-6-3-7(13-5-6)8(4-10)12-2-1-11/h3,5,8,11H,1-2,4,10H2. The Bertz CT molecular complexity index is 254. The molecule has 1 aromatic heterocycles. The van der Waals surface area contributed by atoms with Crippen LogP contribution in [0, 0.1) is 0 Å². The van der Waals surface area contributed by atoms with Crippen LogP contribution in [0.15, 0.2) is 15.9 Å². The van der Waals surface area contributed by atoms with Crippen LogP contribution >= 0.6 is 39.0 Å². The summed E-state index contributed by atoms with van der Waals surface area (Å²) in [5.41, 5.74) is 5.64. The average molecular weight is 282 g/mol. The first kappa shape index (κ1) is 11.5. The van der Waals surface area contributed by atoms with Crippen LogP contribution in [0.3, 0.4) is 0 Å². The Morgan fingerprint density at radius 3 is 2.92 bits per heavy atom. The van der Waals surface area contributed by atoms with Gasteiger partial charge in [0.2, 0.25) is 0 Å². The van der Waals surface area contributed by atoms with Crippen molar-refractivity contribution in [3.63, 3.8) is 0 Å². The van der Waals surface area contributed by atoms with Crippen molar-refractivity contribution in [3.8, 4) is 0 Å². The molecular weight excluding hydrogens is 270 g/mol. The Kier molecular flexibility index (Phi) is 5.35. The minimum Gasteiger partial charge on any atom is -0.396 e. The van der Waals surface area contributed by atoms with E-state index < -0.39 is 0 Å². The Morgan fingerprint density at radius 2 is 2.46 bits per heavy atom. The van der Waals surface area contributed by atoms with E-state index in [1.807, 2.05) is 0 Å². The number of hydrogen-bond acceptors (Lipinski definition) is 4. The molecule has 0 fully saturated rings. The maximum Gasteiger partial charge on any atom is 0.0521 e. The van der Waals surface area contributed by atoms with E-state index in [0.717, 1.165) is 10.2 Å². The van der Waals surface area contributed by atoms with Crippen LogP contribution < -0.4 is 5.73 Å². The van der Waals surface area contributed by atoms with Gasteiger partial charge in [0.25, 0.3) is 0 Å². The fourth-order valence-corrected chi connectivity index (χ4v) is 3.53. The van der Waals surface area contributed by atoms with Crippen molar-refractivity contribution in [3.05, 3.63) is 20.8 Å². The van der Waals surface area contributed by atoms with Gasteiger partial charge in [0.05, 0.1) is 11.9 Å². The van der Waals surface area contributed by atoms with E-state index in [9.17, 15) is 0 Å². The van der Waals surface area contributed by atoms with E-state index >= 15 is 0 Å². The van der Waals surface area contributed by atoms with Crippen molar-refractivity contribution in [1.29, 1.82) is 0 Å². The molecular formula is C8H12BrNOS2. The summed E-state index contributed by atoms with van der Waals surface area (Å²) in [6.45, 7) is 0.839. The van der Waals surface area contributed by atoms with Crippen molar-refractivity contribution in [1.82, 2.24) is 0 Å². The van der Waals surface area contributed by atoms with Gasteiger partial charge in [-0.2, -0.15) is 0 Å². The second-order valence-electron chi connectivity index (χ2n) is 2.49. The lowest BCUT2D eigenvalue weighted by atomic mass is 10.3. The summed E-state index contributed by atoms with van der Waals surface area (Å²) in [6, 6.07) is 2.09. The Hall–Kier alpha value is 0.450. The molecule has 0 saturated carbocycles. The van der Waals surface area contributed by atoms with E-state index in [1.54, 1.807) is 23.1 Å². The number of hydrogen-bond donors (Lipinski definition) is 2.